The molecule has 0 nitrogen and oxygen atoms in total. The van der Waals surface area contributed by atoms with Crippen LogP contribution in [0.25, 0.3) is 0 Å². The molecule has 1 radical (unpaired) electrons. The summed E-state index contributed by atoms with van der Waals surface area (Å²) in [4.78, 5) is 0. The van der Waals surface area contributed by atoms with Crippen molar-refractivity contribution < 1.29 is 17.1 Å². The Morgan fingerprint density at radius 2 is 0.714 bits per heavy atom. The molecule has 0 bridgehead atoms. The van der Waals surface area contributed by atoms with Gasteiger partial charge in [-0.05, 0) is 0 Å². The van der Waals surface area contributed by atoms with Crippen LogP contribution in [-0.2, 0) is 17.1 Å². The third-order valence-corrected chi connectivity index (χ3v) is 0. The largest absolute Gasteiger partial charge is 0.141 e. The standard InChI is InChI=1S/2C2H6.CH5P.Cu/c3*1-2;/h2*1-2H3;2H2,1H3;. The zero-order valence-electron chi connectivity index (χ0n) is 5.88. The molecule has 7 heavy (non-hydrogen) atoms. The van der Waals surface area contributed by atoms with E-state index in [9.17, 15) is 0 Å². The number of hydrogen-bond donors (Lipinski definition) is 0. The summed E-state index contributed by atoms with van der Waals surface area (Å²) in [5, 5.41) is 0. The van der Waals surface area contributed by atoms with Crippen LogP contribution in [-0.4, -0.2) is 6.66 Å². The van der Waals surface area contributed by atoms with Gasteiger partial charge in [0.15, 0.2) is 0 Å². The summed E-state index contributed by atoms with van der Waals surface area (Å²) in [6, 6.07) is 0. The van der Waals surface area contributed by atoms with Crippen molar-refractivity contribution in [2.45, 2.75) is 27.7 Å². The molecule has 0 aromatic heterocycles. The maximum atomic E-state index is 2.42. The molecule has 0 fully saturated rings. The first-order chi connectivity index (χ1) is 3.00. The normalized spacial score (nSPS) is 2.57. The van der Waals surface area contributed by atoms with Gasteiger partial charge >= 0.3 is 0 Å². The van der Waals surface area contributed by atoms with Crippen LogP contribution in [0, 0.1) is 0 Å². The minimum Gasteiger partial charge on any atom is -0.141 e. The number of hydrogen-bond acceptors (Lipinski definition) is 0. The van der Waals surface area contributed by atoms with E-state index in [1.807, 2.05) is 34.4 Å². The first-order valence-corrected chi connectivity index (χ1v) is 3.73. The molecule has 0 N–H and O–H groups in total. The maximum absolute atomic E-state index is 2.42. The van der Waals surface area contributed by atoms with E-state index in [0.717, 1.165) is 0 Å². The molecule has 0 aromatic rings. The minimum absolute atomic E-state index is 0. The predicted octanol–water partition coefficient (Wildman–Crippen LogP) is 2.54. The summed E-state index contributed by atoms with van der Waals surface area (Å²) >= 11 is 0. The Labute approximate surface area is 61.1 Å². The Hall–Kier alpha value is 0.949. The molecule has 0 spiro atoms. The molecular formula is C5H17CuP. The molecule has 53 valence electrons. The van der Waals surface area contributed by atoms with Crippen LogP contribution in [0.5, 0.6) is 0 Å². The molecule has 0 aromatic carbocycles. The second-order valence-corrected chi connectivity index (χ2v) is 0. The molecule has 2 heteroatoms. The summed E-state index contributed by atoms with van der Waals surface area (Å²) < 4.78 is 0. The Kier molecular flexibility index (Phi) is 959. The van der Waals surface area contributed by atoms with E-state index in [1.54, 1.807) is 0 Å². The Balaban J connectivity index is -0.00000000900. The van der Waals surface area contributed by atoms with E-state index in [-0.39, 0.29) is 17.1 Å². The quantitative estimate of drug-likeness (QED) is 0.388. The monoisotopic (exact) mass is 171 g/mol. The van der Waals surface area contributed by atoms with Gasteiger partial charge in [0.2, 0.25) is 0 Å². The van der Waals surface area contributed by atoms with Gasteiger partial charge in [0.1, 0.15) is 0 Å². The van der Waals surface area contributed by atoms with Crippen molar-refractivity contribution in [3.63, 3.8) is 0 Å². The van der Waals surface area contributed by atoms with Gasteiger partial charge in [-0.25, -0.2) is 0 Å². The van der Waals surface area contributed by atoms with Crippen LogP contribution in [0.3, 0.4) is 0 Å². The topological polar surface area (TPSA) is 0 Å². The molecule has 0 saturated heterocycles. The van der Waals surface area contributed by atoms with Gasteiger partial charge in [0.05, 0.1) is 0 Å². The van der Waals surface area contributed by atoms with Crippen molar-refractivity contribution in [3.05, 3.63) is 0 Å². The van der Waals surface area contributed by atoms with Crippen molar-refractivity contribution in [1.29, 1.82) is 0 Å². The summed E-state index contributed by atoms with van der Waals surface area (Å²) in [6.07, 6.45) is 0. The van der Waals surface area contributed by atoms with Crippen molar-refractivity contribution >= 4 is 9.24 Å². The Morgan fingerprint density at radius 1 is 0.714 bits per heavy atom. The molecule has 0 aliphatic carbocycles. The molecule has 1 unspecified atom stereocenters. The third-order valence-electron chi connectivity index (χ3n) is 0. The second kappa shape index (κ2) is 273. The zero-order valence-corrected chi connectivity index (χ0v) is 7.98. The van der Waals surface area contributed by atoms with E-state index >= 15 is 0 Å². The average molecular weight is 172 g/mol. The first kappa shape index (κ1) is 24.6. The van der Waals surface area contributed by atoms with E-state index in [1.165, 1.54) is 0 Å². The Bertz CT molecular complexity index is 8.04. The molecular weight excluding hydrogens is 155 g/mol. The molecule has 0 heterocycles. The first-order valence-electron chi connectivity index (χ1n) is 2.58. The number of rotatable bonds is 0. The summed E-state index contributed by atoms with van der Waals surface area (Å²) in [5.41, 5.74) is 0. The summed E-state index contributed by atoms with van der Waals surface area (Å²) in [6.45, 7) is 9.92. The smallest absolute Gasteiger partial charge is 0 e. The zero-order chi connectivity index (χ0) is 6.00. The minimum atomic E-state index is 0. The van der Waals surface area contributed by atoms with Crippen molar-refractivity contribution in [3.8, 4) is 0 Å². The van der Waals surface area contributed by atoms with Gasteiger partial charge in [-0.15, -0.1) is 9.24 Å². The van der Waals surface area contributed by atoms with Crippen molar-refractivity contribution in [2.24, 2.45) is 0 Å². The van der Waals surface area contributed by atoms with Crippen LogP contribution in [0.15, 0.2) is 0 Å². The van der Waals surface area contributed by atoms with Gasteiger partial charge in [-0.3, -0.25) is 0 Å². The van der Waals surface area contributed by atoms with E-state index in [0.29, 0.717) is 0 Å². The van der Waals surface area contributed by atoms with Crippen LogP contribution >= 0.6 is 9.24 Å². The van der Waals surface area contributed by atoms with Crippen LogP contribution in [0.1, 0.15) is 27.7 Å². The fraction of sp³-hybridized carbons (Fsp3) is 1.00. The van der Waals surface area contributed by atoms with Crippen LogP contribution in [0.4, 0.5) is 0 Å². The fourth-order valence-electron chi connectivity index (χ4n) is 0. The van der Waals surface area contributed by atoms with Gasteiger partial charge < -0.3 is 0 Å². The van der Waals surface area contributed by atoms with Crippen LogP contribution in [0.2, 0.25) is 0 Å². The van der Waals surface area contributed by atoms with Gasteiger partial charge in [0, 0.05) is 17.1 Å². The molecule has 0 amide bonds. The Morgan fingerprint density at radius 3 is 0.714 bits per heavy atom. The second-order valence-electron chi connectivity index (χ2n) is 0. The molecule has 0 saturated carbocycles. The maximum Gasteiger partial charge on any atom is 0 e. The van der Waals surface area contributed by atoms with Gasteiger partial charge in [-0.1, -0.05) is 34.4 Å². The molecule has 1 atom stereocenters. The van der Waals surface area contributed by atoms with Crippen LogP contribution < -0.4 is 0 Å². The van der Waals surface area contributed by atoms with E-state index in [4.69, 9.17) is 0 Å². The summed E-state index contributed by atoms with van der Waals surface area (Å²) in [7, 11) is 2.42. The average Bonchev–Trinajstić information content (AvgIpc) is 1.81. The van der Waals surface area contributed by atoms with Crippen molar-refractivity contribution in [2.75, 3.05) is 6.66 Å². The van der Waals surface area contributed by atoms with Gasteiger partial charge in [0.25, 0.3) is 0 Å². The van der Waals surface area contributed by atoms with Crippen molar-refractivity contribution in [1.82, 2.24) is 0 Å². The molecule has 0 aliphatic heterocycles. The van der Waals surface area contributed by atoms with E-state index < -0.39 is 0 Å². The third kappa shape index (κ3) is 189. The van der Waals surface area contributed by atoms with Gasteiger partial charge in [-0.2, -0.15) is 0 Å². The predicted molar refractivity (Wildman–Crippen MR) is 38.3 cm³/mol. The summed E-state index contributed by atoms with van der Waals surface area (Å²) in [5.74, 6) is 0. The SMILES string of the molecule is CC.CC.CP.[Cu]. The fourth-order valence-corrected chi connectivity index (χ4v) is 0. The van der Waals surface area contributed by atoms with E-state index in [2.05, 4.69) is 9.24 Å². The molecule has 0 rings (SSSR count). The molecule has 0 aliphatic rings.